The number of carbonyl (C=O) groups is 4. The number of rotatable bonds is 12. The lowest BCUT2D eigenvalue weighted by Crippen LogP contribution is -2.57. The van der Waals surface area contributed by atoms with Crippen LogP contribution in [0.4, 0.5) is 4.79 Å². The van der Waals surface area contributed by atoms with E-state index in [0.29, 0.717) is 37.9 Å². The van der Waals surface area contributed by atoms with Gasteiger partial charge in [0.05, 0.1) is 21.1 Å². The van der Waals surface area contributed by atoms with Gasteiger partial charge in [-0.1, -0.05) is 88.3 Å². The van der Waals surface area contributed by atoms with E-state index in [1.54, 1.807) is 24.3 Å². The zero-order valence-corrected chi connectivity index (χ0v) is 26.0. The first-order valence-electron chi connectivity index (χ1n) is 13.0. The van der Waals surface area contributed by atoms with Crippen LogP contribution in [0.25, 0.3) is 0 Å². The SMILES string of the molecule is NCCCC[C@@H](C(=O)NCC(=O)Oc1c(Cl)c(Cl)c(Cl)c(Cl)c1Cl)N(C(=O)OCc1ccccc1)C(=O)[C@@H]1CCCN1. The van der Waals surface area contributed by atoms with Crippen LogP contribution in [-0.4, -0.2) is 60.5 Å². The highest BCUT2D eigenvalue weighted by Gasteiger charge is 2.40. The summed E-state index contributed by atoms with van der Waals surface area (Å²) in [6, 6.07) is 6.92. The van der Waals surface area contributed by atoms with Crippen molar-refractivity contribution in [3.05, 3.63) is 61.0 Å². The Morgan fingerprint density at radius 1 is 0.976 bits per heavy atom. The molecular weight excluding hydrogens is 654 g/mol. The molecule has 1 heterocycles. The van der Waals surface area contributed by atoms with Crippen molar-refractivity contribution in [1.82, 2.24) is 15.5 Å². The van der Waals surface area contributed by atoms with E-state index in [0.717, 1.165) is 11.3 Å². The average Bonchev–Trinajstić information content (AvgIpc) is 3.54. The first-order chi connectivity index (χ1) is 20.1. The number of hydrogen-bond donors (Lipinski definition) is 3. The predicted molar refractivity (Wildman–Crippen MR) is 161 cm³/mol. The van der Waals surface area contributed by atoms with Crippen LogP contribution in [0, 0.1) is 0 Å². The van der Waals surface area contributed by atoms with E-state index in [1.807, 2.05) is 6.07 Å². The Morgan fingerprint density at radius 2 is 1.62 bits per heavy atom. The molecule has 2 aromatic carbocycles. The number of imide groups is 1. The van der Waals surface area contributed by atoms with Gasteiger partial charge >= 0.3 is 12.1 Å². The van der Waals surface area contributed by atoms with Gasteiger partial charge in [0.15, 0.2) is 5.75 Å². The zero-order chi connectivity index (χ0) is 30.8. The molecule has 1 aliphatic heterocycles. The van der Waals surface area contributed by atoms with Gasteiger partial charge in [-0.15, -0.1) is 0 Å². The predicted octanol–water partition coefficient (Wildman–Crippen LogP) is 5.39. The first-order valence-corrected chi connectivity index (χ1v) is 14.9. The monoisotopic (exact) mass is 680 g/mol. The summed E-state index contributed by atoms with van der Waals surface area (Å²) in [5.74, 6) is -2.71. The van der Waals surface area contributed by atoms with Crippen molar-refractivity contribution >= 4 is 81.9 Å². The van der Waals surface area contributed by atoms with Gasteiger partial charge in [0.1, 0.15) is 29.2 Å². The van der Waals surface area contributed by atoms with Crippen molar-refractivity contribution in [2.45, 2.75) is 50.8 Å². The number of carbonyl (C=O) groups excluding carboxylic acids is 4. The minimum Gasteiger partial charge on any atom is -0.444 e. The van der Waals surface area contributed by atoms with Gasteiger partial charge in [-0.3, -0.25) is 9.59 Å². The lowest BCUT2D eigenvalue weighted by atomic mass is 10.1. The molecule has 0 aliphatic carbocycles. The fourth-order valence-corrected chi connectivity index (χ4v) is 5.38. The molecule has 0 aromatic heterocycles. The third kappa shape index (κ3) is 8.86. The maximum Gasteiger partial charge on any atom is 0.417 e. The van der Waals surface area contributed by atoms with Gasteiger partial charge in [-0.05, 0) is 50.8 Å². The highest BCUT2D eigenvalue weighted by atomic mass is 35.5. The number of unbranched alkanes of at least 4 members (excludes halogenated alkanes) is 1. The average molecular weight is 683 g/mol. The normalized spacial score (nSPS) is 15.1. The third-order valence-electron chi connectivity index (χ3n) is 6.34. The molecule has 0 spiro atoms. The highest BCUT2D eigenvalue weighted by molar-refractivity contribution is 6.55. The zero-order valence-electron chi connectivity index (χ0n) is 22.3. The van der Waals surface area contributed by atoms with E-state index in [1.165, 1.54) is 0 Å². The molecule has 42 heavy (non-hydrogen) atoms. The summed E-state index contributed by atoms with van der Waals surface area (Å²) < 4.78 is 10.7. The largest absolute Gasteiger partial charge is 0.444 e. The molecule has 1 saturated heterocycles. The number of esters is 1. The Kier molecular flexibility index (Phi) is 13.4. The fourth-order valence-electron chi connectivity index (χ4n) is 4.18. The molecule has 2 atom stereocenters. The second-order valence-electron chi connectivity index (χ2n) is 9.29. The van der Waals surface area contributed by atoms with Gasteiger partial charge in [0, 0.05) is 0 Å². The fraction of sp³-hybridized carbons (Fsp3) is 0.407. The molecule has 1 fully saturated rings. The van der Waals surface area contributed by atoms with Crippen LogP contribution in [0.1, 0.15) is 37.7 Å². The number of nitrogens with zero attached hydrogens (tertiary/aromatic N) is 1. The molecular formula is C27H29Cl5N4O6. The van der Waals surface area contributed by atoms with Crippen LogP contribution >= 0.6 is 58.0 Å². The first kappa shape index (κ1) is 34.2. The van der Waals surface area contributed by atoms with Crippen LogP contribution in [0.5, 0.6) is 5.75 Å². The lowest BCUT2D eigenvalue weighted by molar-refractivity contribution is -0.141. The van der Waals surface area contributed by atoms with Crippen LogP contribution in [0.3, 0.4) is 0 Å². The Morgan fingerprint density at radius 3 is 2.21 bits per heavy atom. The van der Waals surface area contributed by atoms with Gasteiger partial charge in [-0.25, -0.2) is 14.5 Å². The Hall–Kier alpha value is -2.31. The number of halogens is 5. The van der Waals surface area contributed by atoms with Gasteiger partial charge < -0.3 is 25.8 Å². The van der Waals surface area contributed by atoms with Crippen LogP contribution in [0.15, 0.2) is 30.3 Å². The second kappa shape index (κ2) is 16.5. The number of amides is 3. The van der Waals surface area contributed by atoms with Crippen molar-refractivity contribution in [1.29, 1.82) is 0 Å². The van der Waals surface area contributed by atoms with E-state index in [2.05, 4.69) is 10.6 Å². The molecule has 0 radical (unpaired) electrons. The summed E-state index contributed by atoms with van der Waals surface area (Å²) in [5, 5.41) is 4.48. The Balaban J connectivity index is 1.79. The minimum absolute atomic E-state index is 0.0804. The molecule has 2 aromatic rings. The van der Waals surface area contributed by atoms with Crippen molar-refractivity contribution in [3.8, 4) is 5.75 Å². The summed E-state index contributed by atoms with van der Waals surface area (Å²) >= 11 is 30.2. The molecule has 0 saturated carbocycles. The molecule has 3 amide bonds. The van der Waals surface area contributed by atoms with E-state index < -0.39 is 42.5 Å². The summed E-state index contributed by atoms with van der Waals surface area (Å²) in [6.45, 7) is 0.145. The molecule has 15 heteroatoms. The standard InChI is InChI=1S/C27H29Cl5N4O6/c28-19-20(29)22(31)24(23(32)21(19)30)42-18(37)13-35-25(38)17(10-4-5-11-33)36(26(39)16-9-6-12-34-16)27(40)41-14-15-7-2-1-3-8-15/h1-3,7-8,16-17,34H,4-6,9-14,33H2,(H,35,38)/t16-,17-/m0/s1. The smallest absolute Gasteiger partial charge is 0.417 e. The summed E-state index contributed by atoms with van der Waals surface area (Å²) in [6.07, 6.45) is 1.25. The molecule has 228 valence electrons. The highest BCUT2D eigenvalue weighted by Crippen LogP contribution is 2.48. The maximum atomic E-state index is 13.5. The number of benzene rings is 2. The lowest BCUT2D eigenvalue weighted by Gasteiger charge is -2.30. The van der Waals surface area contributed by atoms with Gasteiger partial charge in [0.25, 0.3) is 0 Å². The van der Waals surface area contributed by atoms with Gasteiger partial charge in [-0.2, -0.15) is 0 Å². The van der Waals surface area contributed by atoms with E-state index >= 15 is 0 Å². The molecule has 3 rings (SSSR count). The third-order valence-corrected chi connectivity index (χ3v) is 8.58. The Labute approximate surface area is 268 Å². The van der Waals surface area contributed by atoms with E-state index in [-0.39, 0.29) is 43.9 Å². The van der Waals surface area contributed by atoms with Crippen molar-refractivity contribution in [3.63, 3.8) is 0 Å². The Bertz CT molecular complexity index is 1260. The number of nitrogens with one attached hydrogen (secondary N) is 2. The number of ether oxygens (including phenoxy) is 2. The molecule has 4 N–H and O–H groups in total. The quantitative estimate of drug-likeness (QED) is 0.0891. The van der Waals surface area contributed by atoms with Crippen molar-refractivity contribution < 1.29 is 28.7 Å². The van der Waals surface area contributed by atoms with Crippen LogP contribution in [-0.2, 0) is 25.7 Å². The molecule has 10 nitrogen and oxygen atoms in total. The van der Waals surface area contributed by atoms with Crippen molar-refractivity contribution in [2.75, 3.05) is 19.6 Å². The number of hydrogen-bond acceptors (Lipinski definition) is 8. The summed E-state index contributed by atoms with van der Waals surface area (Å²) in [7, 11) is 0. The summed E-state index contributed by atoms with van der Waals surface area (Å²) in [5.41, 5.74) is 6.33. The van der Waals surface area contributed by atoms with Gasteiger partial charge in [0.2, 0.25) is 11.8 Å². The molecule has 1 aliphatic rings. The topological polar surface area (TPSA) is 140 Å². The second-order valence-corrected chi connectivity index (χ2v) is 11.2. The maximum absolute atomic E-state index is 13.5. The summed E-state index contributed by atoms with van der Waals surface area (Å²) in [4.78, 5) is 53.8. The van der Waals surface area contributed by atoms with Crippen LogP contribution < -0.4 is 21.1 Å². The molecule has 0 unspecified atom stereocenters. The number of nitrogens with two attached hydrogens (primary N) is 1. The van der Waals surface area contributed by atoms with E-state index in [9.17, 15) is 19.2 Å². The van der Waals surface area contributed by atoms with Crippen LogP contribution in [0.2, 0.25) is 25.1 Å². The molecule has 0 bridgehead atoms. The van der Waals surface area contributed by atoms with Crippen molar-refractivity contribution in [2.24, 2.45) is 5.73 Å². The van der Waals surface area contributed by atoms with E-state index in [4.69, 9.17) is 73.2 Å². The minimum atomic E-state index is -1.30.